The smallest absolute Gasteiger partial charge is 0.193 e. The van der Waals surface area contributed by atoms with Gasteiger partial charge in [-0.05, 0) is 23.1 Å². The molecule has 0 unspecified atom stereocenters. The molecule has 108 valence electrons. The first-order chi connectivity index (χ1) is 10.8. The normalized spacial score (nSPS) is 10.4. The second-order valence-corrected chi connectivity index (χ2v) is 5.32. The fourth-order valence-electron chi connectivity index (χ4n) is 2.50. The van der Waals surface area contributed by atoms with E-state index in [1.807, 2.05) is 66.7 Å². The van der Waals surface area contributed by atoms with E-state index >= 15 is 0 Å². The number of carbonyl (C=O) groups excluding carboxylic acids is 1. The van der Waals surface area contributed by atoms with Crippen LogP contribution in [0.4, 0.5) is 0 Å². The number of benzene rings is 3. The number of ketones is 1. The number of hydrogen-bond donors (Lipinski definition) is 0. The molecule has 0 atom stereocenters. The molecule has 1 nitrogen and oxygen atoms in total. The molecule has 0 heterocycles. The average molecular weight is 286 g/mol. The van der Waals surface area contributed by atoms with Crippen molar-refractivity contribution in [1.82, 2.24) is 0 Å². The van der Waals surface area contributed by atoms with Crippen LogP contribution in [0.2, 0.25) is 0 Å². The summed E-state index contributed by atoms with van der Waals surface area (Å²) < 4.78 is 0. The summed E-state index contributed by atoms with van der Waals surface area (Å²) in [5, 5.41) is 0. The summed E-state index contributed by atoms with van der Waals surface area (Å²) in [5.74, 6) is 0.0715. The molecule has 0 saturated carbocycles. The monoisotopic (exact) mass is 286 g/mol. The van der Waals surface area contributed by atoms with E-state index in [0.29, 0.717) is 0 Å². The van der Waals surface area contributed by atoms with Gasteiger partial charge in [0.05, 0.1) is 0 Å². The largest absolute Gasteiger partial charge is 0.289 e. The third-order valence-electron chi connectivity index (χ3n) is 3.88. The predicted molar refractivity (Wildman–Crippen MR) is 91.1 cm³/mol. The zero-order valence-electron chi connectivity index (χ0n) is 12.6. The maximum Gasteiger partial charge on any atom is 0.193 e. The van der Waals surface area contributed by atoms with Crippen molar-refractivity contribution < 1.29 is 4.79 Å². The third-order valence-corrected chi connectivity index (χ3v) is 3.88. The van der Waals surface area contributed by atoms with Crippen LogP contribution in [0.15, 0.2) is 78.9 Å². The second-order valence-electron chi connectivity index (χ2n) is 5.32. The molecule has 0 aliphatic heterocycles. The maximum absolute atomic E-state index is 12.5. The summed E-state index contributed by atoms with van der Waals surface area (Å²) in [6.45, 7) is 2.11. The molecule has 0 bridgehead atoms. The van der Waals surface area contributed by atoms with Crippen LogP contribution in [0, 0.1) is 0 Å². The molecule has 22 heavy (non-hydrogen) atoms. The maximum atomic E-state index is 12.5. The lowest BCUT2D eigenvalue weighted by molar-refractivity contribution is 0.103. The molecular formula is C21H18O. The van der Waals surface area contributed by atoms with Crippen molar-refractivity contribution in [3.8, 4) is 11.1 Å². The Kier molecular flexibility index (Phi) is 4.15. The summed E-state index contributed by atoms with van der Waals surface area (Å²) in [7, 11) is 0. The van der Waals surface area contributed by atoms with Crippen LogP contribution in [0.3, 0.4) is 0 Å². The molecule has 0 amide bonds. The standard InChI is InChI=1S/C21H18O/c1-2-16-8-10-19(11-9-16)21(22)20-14-12-18(13-15-20)17-6-4-3-5-7-17/h3-15H,2H2,1H3. The Morgan fingerprint density at radius 1 is 0.682 bits per heavy atom. The molecule has 0 aliphatic carbocycles. The minimum absolute atomic E-state index is 0.0715. The summed E-state index contributed by atoms with van der Waals surface area (Å²) >= 11 is 0. The van der Waals surface area contributed by atoms with Crippen LogP contribution in [-0.2, 0) is 6.42 Å². The van der Waals surface area contributed by atoms with Crippen molar-refractivity contribution in [3.05, 3.63) is 95.6 Å². The highest BCUT2D eigenvalue weighted by atomic mass is 16.1. The predicted octanol–water partition coefficient (Wildman–Crippen LogP) is 5.15. The SMILES string of the molecule is CCc1ccc(C(=O)c2ccc(-c3ccccc3)cc2)cc1. The Hall–Kier alpha value is -2.67. The van der Waals surface area contributed by atoms with Crippen molar-refractivity contribution in [3.63, 3.8) is 0 Å². The highest BCUT2D eigenvalue weighted by Gasteiger charge is 2.09. The van der Waals surface area contributed by atoms with Crippen molar-refractivity contribution in [1.29, 1.82) is 0 Å². The van der Waals surface area contributed by atoms with E-state index in [9.17, 15) is 4.79 Å². The first kappa shape index (κ1) is 14.3. The van der Waals surface area contributed by atoms with Crippen LogP contribution in [-0.4, -0.2) is 5.78 Å². The molecule has 3 aromatic rings. The fourth-order valence-corrected chi connectivity index (χ4v) is 2.50. The van der Waals surface area contributed by atoms with Gasteiger partial charge in [-0.3, -0.25) is 4.79 Å². The van der Waals surface area contributed by atoms with Gasteiger partial charge in [-0.2, -0.15) is 0 Å². The molecule has 3 rings (SSSR count). The van der Waals surface area contributed by atoms with E-state index in [2.05, 4.69) is 19.1 Å². The van der Waals surface area contributed by atoms with E-state index in [0.717, 1.165) is 28.7 Å². The number of hydrogen-bond acceptors (Lipinski definition) is 1. The molecule has 0 spiro atoms. The number of rotatable bonds is 4. The molecule has 0 aliphatic rings. The Balaban J connectivity index is 1.84. The van der Waals surface area contributed by atoms with Crippen LogP contribution < -0.4 is 0 Å². The summed E-state index contributed by atoms with van der Waals surface area (Å²) in [6.07, 6.45) is 0.986. The van der Waals surface area contributed by atoms with Gasteiger partial charge in [0.15, 0.2) is 5.78 Å². The lowest BCUT2D eigenvalue weighted by Gasteiger charge is -2.05. The van der Waals surface area contributed by atoms with Gasteiger partial charge in [-0.15, -0.1) is 0 Å². The Bertz CT molecular complexity index is 753. The second kappa shape index (κ2) is 6.40. The topological polar surface area (TPSA) is 17.1 Å². The Morgan fingerprint density at radius 2 is 1.18 bits per heavy atom. The lowest BCUT2D eigenvalue weighted by Crippen LogP contribution is -2.01. The molecule has 1 heteroatoms. The fraction of sp³-hybridized carbons (Fsp3) is 0.0952. The van der Waals surface area contributed by atoms with Gasteiger partial charge in [0.25, 0.3) is 0 Å². The van der Waals surface area contributed by atoms with Gasteiger partial charge >= 0.3 is 0 Å². The summed E-state index contributed by atoms with van der Waals surface area (Å²) in [6, 6.07) is 25.8. The summed E-state index contributed by atoms with van der Waals surface area (Å²) in [5.41, 5.74) is 5.00. The highest BCUT2D eigenvalue weighted by molar-refractivity contribution is 6.09. The van der Waals surface area contributed by atoms with Gasteiger partial charge in [0.2, 0.25) is 0 Å². The Labute approximate surface area is 131 Å². The minimum atomic E-state index is 0.0715. The van der Waals surface area contributed by atoms with Crippen LogP contribution in [0.5, 0.6) is 0 Å². The zero-order chi connectivity index (χ0) is 15.4. The number of aryl methyl sites for hydroxylation is 1. The van der Waals surface area contributed by atoms with Crippen molar-refractivity contribution in [2.24, 2.45) is 0 Å². The van der Waals surface area contributed by atoms with Crippen LogP contribution >= 0.6 is 0 Å². The van der Waals surface area contributed by atoms with E-state index in [4.69, 9.17) is 0 Å². The molecule has 0 radical (unpaired) electrons. The van der Waals surface area contributed by atoms with Gasteiger partial charge in [0.1, 0.15) is 0 Å². The van der Waals surface area contributed by atoms with E-state index in [1.165, 1.54) is 5.56 Å². The quantitative estimate of drug-likeness (QED) is 0.606. The van der Waals surface area contributed by atoms with Gasteiger partial charge < -0.3 is 0 Å². The minimum Gasteiger partial charge on any atom is -0.289 e. The van der Waals surface area contributed by atoms with Crippen LogP contribution in [0.25, 0.3) is 11.1 Å². The van der Waals surface area contributed by atoms with E-state index < -0.39 is 0 Å². The van der Waals surface area contributed by atoms with Crippen molar-refractivity contribution >= 4 is 5.78 Å². The third kappa shape index (κ3) is 2.99. The molecule has 0 N–H and O–H groups in total. The Morgan fingerprint density at radius 3 is 1.73 bits per heavy atom. The zero-order valence-corrected chi connectivity index (χ0v) is 12.6. The number of carbonyl (C=O) groups is 1. The first-order valence-electron chi connectivity index (χ1n) is 7.57. The lowest BCUT2D eigenvalue weighted by atomic mass is 9.98. The van der Waals surface area contributed by atoms with Crippen molar-refractivity contribution in [2.45, 2.75) is 13.3 Å². The van der Waals surface area contributed by atoms with Gasteiger partial charge in [0, 0.05) is 11.1 Å². The molecule has 3 aromatic carbocycles. The summed E-state index contributed by atoms with van der Waals surface area (Å²) in [4.78, 5) is 12.5. The van der Waals surface area contributed by atoms with Crippen molar-refractivity contribution in [2.75, 3.05) is 0 Å². The molecule has 0 aromatic heterocycles. The molecule has 0 fully saturated rings. The van der Waals surface area contributed by atoms with E-state index in [-0.39, 0.29) is 5.78 Å². The van der Waals surface area contributed by atoms with Gasteiger partial charge in [-0.25, -0.2) is 0 Å². The van der Waals surface area contributed by atoms with Crippen LogP contribution in [0.1, 0.15) is 28.4 Å². The molecule has 0 saturated heterocycles. The van der Waals surface area contributed by atoms with E-state index in [1.54, 1.807) is 0 Å². The van der Waals surface area contributed by atoms with Gasteiger partial charge in [-0.1, -0.05) is 85.8 Å². The highest BCUT2D eigenvalue weighted by Crippen LogP contribution is 2.20. The first-order valence-corrected chi connectivity index (χ1v) is 7.57. The molecular weight excluding hydrogens is 268 g/mol. The average Bonchev–Trinajstić information content (AvgIpc) is 2.62.